The van der Waals surface area contributed by atoms with Crippen LogP contribution in [0.5, 0.6) is 5.75 Å². The zero-order valence-electron chi connectivity index (χ0n) is 18.7. The van der Waals surface area contributed by atoms with Gasteiger partial charge in [-0.1, -0.05) is 5.16 Å². The molecule has 172 valence electrons. The summed E-state index contributed by atoms with van der Waals surface area (Å²) in [7, 11) is 1.61. The first-order valence-electron chi connectivity index (χ1n) is 10.0. The third-order valence-corrected chi connectivity index (χ3v) is 5.02. The summed E-state index contributed by atoms with van der Waals surface area (Å²) in [5, 5.41) is 13.5. The number of carbonyl (C=O) groups is 1. The van der Waals surface area contributed by atoms with Crippen molar-refractivity contribution in [3.8, 4) is 17.1 Å². The van der Waals surface area contributed by atoms with E-state index in [1.807, 2.05) is 37.3 Å². The molecule has 3 rings (SSSR count). The average molecular weight is 469 g/mol. The molecule has 3 aromatic rings. The lowest BCUT2D eigenvalue weighted by atomic mass is 10.1. The molecule has 0 aliphatic rings. The highest BCUT2D eigenvalue weighted by Gasteiger charge is 2.16. The lowest BCUT2D eigenvalue weighted by Crippen LogP contribution is -2.15. The number of aliphatic imine (C=N–C) groups is 2. The zero-order chi connectivity index (χ0) is 23.8. The molecule has 1 heterocycles. The van der Waals surface area contributed by atoms with Crippen LogP contribution >= 0.6 is 11.8 Å². The second-order valence-electron chi connectivity index (χ2n) is 6.78. The van der Waals surface area contributed by atoms with E-state index < -0.39 is 6.09 Å². The number of aryl methyl sites for hydroxylation is 1. The van der Waals surface area contributed by atoms with Crippen LogP contribution < -0.4 is 4.74 Å². The van der Waals surface area contributed by atoms with E-state index in [-0.39, 0.29) is 5.04 Å². The van der Waals surface area contributed by atoms with Crippen LogP contribution in [0, 0.1) is 6.92 Å². The molecule has 0 aliphatic heterocycles. The van der Waals surface area contributed by atoms with E-state index in [2.05, 4.69) is 15.1 Å². The summed E-state index contributed by atoms with van der Waals surface area (Å²) in [5.74, 6) is 1.59. The molecule has 0 saturated heterocycles. The van der Waals surface area contributed by atoms with Gasteiger partial charge in [-0.15, -0.1) is 11.8 Å². The van der Waals surface area contributed by atoms with Crippen LogP contribution in [0.15, 0.2) is 57.0 Å². The number of aromatic nitrogens is 2. The third kappa shape index (κ3) is 6.50. The van der Waals surface area contributed by atoms with Crippen molar-refractivity contribution in [1.82, 2.24) is 10.1 Å². The normalized spacial score (nSPS) is 12.1. The SMILES string of the molecule is CCOc1cc(COC)cc(C(=Nc2ccc(-c3noc(C)n3)cc2)C(=NC(=O)O)SC)c1. The molecule has 2 aromatic carbocycles. The topological polar surface area (TPSA) is 119 Å². The van der Waals surface area contributed by atoms with Gasteiger partial charge in [0.1, 0.15) is 16.5 Å². The van der Waals surface area contributed by atoms with E-state index >= 15 is 0 Å². The quantitative estimate of drug-likeness (QED) is 0.356. The van der Waals surface area contributed by atoms with Crippen LogP contribution in [-0.2, 0) is 11.3 Å². The van der Waals surface area contributed by atoms with Crippen LogP contribution in [0.25, 0.3) is 11.4 Å². The zero-order valence-corrected chi connectivity index (χ0v) is 19.5. The first-order valence-corrected chi connectivity index (χ1v) is 11.3. The number of hydrogen-bond donors (Lipinski definition) is 1. The summed E-state index contributed by atoms with van der Waals surface area (Å²) < 4.78 is 16.0. The first-order chi connectivity index (χ1) is 15.9. The molecule has 0 radical (unpaired) electrons. The predicted molar refractivity (Wildman–Crippen MR) is 128 cm³/mol. The fraction of sp³-hybridized carbons (Fsp3) is 0.261. The molecule has 9 nitrogen and oxygen atoms in total. The molecule has 0 unspecified atom stereocenters. The van der Waals surface area contributed by atoms with Gasteiger partial charge < -0.3 is 19.1 Å². The van der Waals surface area contributed by atoms with Crippen molar-refractivity contribution in [2.75, 3.05) is 20.0 Å². The Morgan fingerprint density at radius 2 is 1.97 bits per heavy atom. The summed E-state index contributed by atoms with van der Waals surface area (Å²) in [4.78, 5) is 24.1. The number of rotatable bonds is 8. The van der Waals surface area contributed by atoms with Crippen molar-refractivity contribution < 1.29 is 23.9 Å². The Labute approximate surface area is 195 Å². The van der Waals surface area contributed by atoms with Gasteiger partial charge in [-0.3, -0.25) is 0 Å². The average Bonchev–Trinajstić information content (AvgIpc) is 3.23. The summed E-state index contributed by atoms with van der Waals surface area (Å²) >= 11 is 1.20. The maximum atomic E-state index is 11.4. The van der Waals surface area contributed by atoms with Crippen LogP contribution in [0.4, 0.5) is 10.5 Å². The van der Waals surface area contributed by atoms with Gasteiger partial charge in [0.15, 0.2) is 0 Å². The van der Waals surface area contributed by atoms with Crippen molar-refractivity contribution in [3.63, 3.8) is 0 Å². The first kappa shape index (κ1) is 24.1. The highest BCUT2D eigenvalue weighted by molar-refractivity contribution is 8.15. The van der Waals surface area contributed by atoms with Crippen molar-refractivity contribution >= 4 is 34.3 Å². The summed E-state index contributed by atoms with van der Waals surface area (Å²) in [6.45, 7) is 4.47. The van der Waals surface area contributed by atoms with Gasteiger partial charge in [-0.05, 0) is 61.2 Å². The molecule has 33 heavy (non-hydrogen) atoms. The molecule has 0 aliphatic carbocycles. The Hall–Kier alpha value is -3.50. The van der Waals surface area contributed by atoms with E-state index in [0.29, 0.717) is 47.6 Å². The van der Waals surface area contributed by atoms with E-state index in [9.17, 15) is 9.90 Å². The Bertz CT molecular complexity index is 1150. The molecule has 0 spiro atoms. The van der Waals surface area contributed by atoms with Crippen LogP contribution in [0.1, 0.15) is 23.9 Å². The predicted octanol–water partition coefficient (Wildman–Crippen LogP) is 5.15. The van der Waals surface area contributed by atoms with E-state index in [1.54, 1.807) is 32.4 Å². The largest absolute Gasteiger partial charge is 0.494 e. The number of carboxylic acid groups (broad SMARTS) is 1. The van der Waals surface area contributed by atoms with E-state index in [0.717, 1.165) is 11.1 Å². The lowest BCUT2D eigenvalue weighted by Gasteiger charge is -2.13. The highest BCUT2D eigenvalue weighted by Crippen LogP contribution is 2.25. The summed E-state index contributed by atoms with van der Waals surface area (Å²) in [6.07, 6.45) is 0.453. The second kappa shape index (κ2) is 11.4. The summed E-state index contributed by atoms with van der Waals surface area (Å²) in [5.41, 5.74) is 3.32. The minimum Gasteiger partial charge on any atom is -0.494 e. The number of ether oxygens (including phenoxy) is 2. The Morgan fingerprint density at radius 3 is 2.55 bits per heavy atom. The number of methoxy groups -OCH3 is 1. The van der Waals surface area contributed by atoms with Crippen LogP contribution in [-0.4, -0.2) is 52.1 Å². The molecule has 1 amide bonds. The standard InChI is InChI=1S/C23H24N4O5S/c1-5-31-19-11-15(13-30-3)10-17(12-19)20(22(33-4)26-23(28)29)25-18-8-6-16(7-9-18)21-24-14(2)32-27-21/h6-12H,5,13H2,1-4H3,(H,28,29). The number of hydrogen-bond acceptors (Lipinski definition) is 8. The van der Waals surface area contributed by atoms with Gasteiger partial charge in [-0.2, -0.15) is 9.98 Å². The smallest absolute Gasteiger partial charge is 0.432 e. The fourth-order valence-corrected chi connectivity index (χ4v) is 3.57. The van der Waals surface area contributed by atoms with Crippen molar-refractivity contribution in [2.45, 2.75) is 20.5 Å². The lowest BCUT2D eigenvalue weighted by molar-refractivity contribution is 0.184. The van der Waals surface area contributed by atoms with E-state index in [1.165, 1.54) is 11.8 Å². The molecule has 10 heteroatoms. The maximum absolute atomic E-state index is 11.4. The van der Waals surface area contributed by atoms with Gasteiger partial charge in [0.25, 0.3) is 0 Å². The Morgan fingerprint density at radius 1 is 1.21 bits per heavy atom. The van der Waals surface area contributed by atoms with Crippen LogP contribution in [0.2, 0.25) is 0 Å². The summed E-state index contributed by atoms with van der Waals surface area (Å²) in [6, 6.07) is 12.8. The molecule has 0 bridgehead atoms. The van der Waals surface area contributed by atoms with Crippen LogP contribution in [0.3, 0.4) is 0 Å². The fourth-order valence-electron chi connectivity index (χ4n) is 3.05. The number of thioether (sulfide) groups is 1. The molecule has 0 fully saturated rings. The second-order valence-corrected chi connectivity index (χ2v) is 7.57. The molecular formula is C23H24N4O5S. The van der Waals surface area contributed by atoms with Crippen molar-refractivity contribution in [1.29, 1.82) is 0 Å². The van der Waals surface area contributed by atoms with Gasteiger partial charge in [0.2, 0.25) is 11.7 Å². The highest BCUT2D eigenvalue weighted by atomic mass is 32.2. The molecule has 0 saturated carbocycles. The Balaban J connectivity index is 2.10. The molecular weight excluding hydrogens is 444 g/mol. The van der Waals surface area contributed by atoms with Crippen molar-refractivity contribution in [3.05, 3.63) is 59.5 Å². The third-order valence-electron chi connectivity index (χ3n) is 4.35. The van der Waals surface area contributed by atoms with Gasteiger partial charge in [0, 0.05) is 25.2 Å². The van der Waals surface area contributed by atoms with Gasteiger partial charge in [-0.25, -0.2) is 9.79 Å². The molecule has 1 N–H and O–H groups in total. The number of benzene rings is 2. The van der Waals surface area contributed by atoms with Crippen molar-refractivity contribution in [2.24, 2.45) is 9.98 Å². The van der Waals surface area contributed by atoms with E-state index in [4.69, 9.17) is 19.0 Å². The van der Waals surface area contributed by atoms with Gasteiger partial charge >= 0.3 is 6.09 Å². The molecule has 0 atom stereocenters. The monoisotopic (exact) mass is 468 g/mol. The number of nitrogens with zero attached hydrogens (tertiary/aromatic N) is 4. The Kier molecular flexibility index (Phi) is 8.34. The number of amides is 1. The van der Waals surface area contributed by atoms with Gasteiger partial charge in [0.05, 0.1) is 18.9 Å². The minimum absolute atomic E-state index is 0.261. The minimum atomic E-state index is -1.30. The molecule has 1 aromatic heterocycles. The maximum Gasteiger partial charge on any atom is 0.432 e.